The molecule has 1 amide bonds. The second-order valence-corrected chi connectivity index (χ2v) is 3.67. The molecule has 1 fully saturated rings. The minimum absolute atomic E-state index is 0.256. The van der Waals surface area contributed by atoms with Crippen molar-refractivity contribution in [1.29, 1.82) is 0 Å². The van der Waals surface area contributed by atoms with Gasteiger partial charge in [0.15, 0.2) is 0 Å². The summed E-state index contributed by atoms with van der Waals surface area (Å²) in [5.41, 5.74) is 0. The van der Waals surface area contributed by atoms with E-state index in [0.717, 1.165) is 13.0 Å². The summed E-state index contributed by atoms with van der Waals surface area (Å²) in [4.78, 5) is 13.5. The number of hydrogen-bond donors (Lipinski definition) is 0. The smallest absolute Gasteiger partial charge is 0.225 e. The monoisotopic (exact) mass is 155 g/mol. The molecule has 1 aliphatic rings. The molecule has 0 N–H and O–H groups in total. The Morgan fingerprint density at radius 2 is 2.18 bits per heavy atom. The summed E-state index contributed by atoms with van der Waals surface area (Å²) < 4.78 is 0. The Balaban J connectivity index is 2.58. The van der Waals surface area contributed by atoms with Gasteiger partial charge in [0.1, 0.15) is 0 Å². The Morgan fingerprint density at radius 1 is 1.55 bits per heavy atom. The standard InChI is InChI=1S/C9H17NO/c1-7(2)10-6-4-5-8(3)9(10)11/h7-8H,4-6H2,1-3H3. The van der Waals surface area contributed by atoms with Gasteiger partial charge in [-0.1, -0.05) is 6.92 Å². The maximum atomic E-state index is 11.5. The Labute approximate surface area is 68.6 Å². The molecule has 2 heteroatoms. The molecule has 0 saturated carbocycles. The fraction of sp³-hybridized carbons (Fsp3) is 0.889. The van der Waals surface area contributed by atoms with Crippen molar-refractivity contribution in [2.45, 2.75) is 39.7 Å². The molecule has 1 atom stereocenters. The van der Waals surface area contributed by atoms with Gasteiger partial charge in [-0.25, -0.2) is 0 Å². The summed E-state index contributed by atoms with van der Waals surface area (Å²) in [5.74, 6) is 0.595. The maximum Gasteiger partial charge on any atom is 0.225 e. The van der Waals surface area contributed by atoms with E-state index < -0.39 is 0 Å². The van der Waals surface area contributed by atoms with Crippen LogP contribution in [0.25, 0.3) is 0 Å². The van der Waals surface area contributed by atoms with E-state index in [4.69, 9.17) is 0 Å². The third-order valence-corrected chi connectivity index (χ3v) is 2.36. The lowest BCUT2D eigenvalue weighted by Gasteiger charge is -2.33. The molecule has 64 valence electrons. The topological polar surface area (TPSA) is 20.3 Å². The normalized spacial score (nSPS) is 26.4. The Bertz CT molecular complexity index is 154. The lowest BCUT2D eigenvalue weighted by Crippen LogP contribution is -2.44. The van der Waals surface area contributed by atoms with Crippen molar-refractivity contribution in [2.24, 2.45) is 5.92 Å². The quantitative estimate of drug-likeness (QED) is 0.564. The van der Waals surface area contributed by atoms with Gasteiger partial charge in [0.25, 0.3) is 0 Å². The zero-order chi connectivity index (χ0) is 8.43. The molecule has 1 rings (SSSR count). The second kappa shape index (κ2) is 3.24. The highest BCUT2D eigenvalue weighted by molar-refractivity contribution is 5.79. The summed E-state index contributed by atoms with van der Waals surface area (Å²) >= 11 is 0. The van der Waals surface area contributed by atoms with Crippen molar-refractivity contribution in [3.8, 4) is 0 Å². The molecule has 1 saturated heterocycles. The summed E-state index contributed by atoms with van der Waals surface area (Å²) in [6, 6.07) is 0.380. The zero-order valence-corrected chi connectivity index (χ0v) is 7.63. The number of carbonyl (C=O) groups is 1. The van der Waals surface area contributed by atoms with E-state index >= 15 is 0 Å². The first-order valence-electron chi connectivity index (χ1n) is 4.43. The molecule has 0 radical (unpaired) electrons. The number of carbonyl (C=O) groups excluding carboxylic acids is 1. The summed E-state index contributed by atoms with van der Waals surface area (Å²) in [6.07, 6.45) is 2.24. The van der Waals surface area contributed by atoms with E-state index in [-0.39, 0.29) is 5.92 Å². The van der Waals surface area contributed by atoms with E-state index in [1.54, 1.807) is 0 Å². The van der Waals surface area contributed by atoms with Gasteiger partial charge in [-0.2, -0.15) is 0 Å². The molecule has 2 nitrogen and oxygen atoms in total. The van der Waals surface area contributed by atoms with E-state index in [9.17, 15) is 4.79 Å². The van der Waals surface area contributed by atoms with Crippen molar-refractivity contribution in [2.75, 3.05) is 6.54 Å². The molecule has 0 bridgehead atoms. The van der Waals surface area contributed by atoms with E-state index in [1.165, 1.54) is 6.42 Å². The van der Waals surface area contributed by atoms with Crippen LogP contribution in [0.15, 0.2) is 0 Å². The molecular formula is C9H17NO. The predicted molar refractivity (Wildman–Crippen MR) is 45.2 cm³/mol. The number of amides is 1. The van der Waals surface area contributed by atoms with Crippen molar-refractivity contribution in [3.05, 3.63) is 0 Å². The summed E-state index contributed by atoms with van der Waals surface area (Å²) in [7, 11) is 0. The average molecular weight is 155 g/mol. The highest BCUT2D eigenvalue weighted by Crippen LogP contribution is 2.18. The van der Waals surface area contributed by atoms with Crippen LogP contribution in [0.5, 0.6) is 0 Å². The third-order valence-electron chi connectivity index (χ3n) is 2.36. The molecule has 0 spiro atoms. The predicted octanol–water partition coefficient (Wildman–Crippen LogP) is 1.65. The van der Waals surface area contributed by atoms with Crippen molar-refractivity contribution < 1.29 is 4.79 Å². The number of likely N-dealkylation sites (tertiary alicyclic amines) is 1. The number of hydrogen-bond acceptors (Lipinski definition) is 1. The van der Waals surface area contributed by atoms with E-state index in [1.807, 2.05) is 11.8 Å². The number of nitrogens with zero attached hydrogens (tertiary/aromatic N) is 1. The fourth-order valence-electron chi connectivity index (χ4n) is 1.60. The van der Waals surface area contributed by atoms with Crippen LogP contribution >= 0.6 is 0 Å². The van der Waals surface area contributed by atoms with Gasteiger partial charge in [-0.15, -0.1) is 0 Å². The van der Waals surface area contributed by atoms with Crippen LogP contribution in [0.2, 0.25) is 0 Å². The molecule has 0 aliphatic carbocycles. The minimum atomic E-state index is 0.256. The molecule has 0 aromatic rings. The van der Waals surface area contributed by atoms with Gasteiger partial charge in [-0.05, 0) is 26.7 Å². The van der Waals surface area contributed by atoms with Gasteiger partial charge in [0.05, 0.1) is 0 Å². The van der Waals surface area contributed by atoms with Crippen LogP contribution < -0.4 is 0 Å². The molecule has 1 aliphatic heterocycles. The van der Waals surface area contributed by atoms with Gasteiger partial charge in [0.2, 0.25) is 5.91 Å². The molecule has 0 aromatic carbocycles. The summed E-state index contributed by atoms with van der Waals surface area (Å²) in [6.45, 7) is 7.14. The van der Waals surface area contributed by atoms with Crippen molar-refractivity contribution in [1.82, 2.24) is 4.90 Å². The maximum absolute atomic E-state index is 11.5. The summed E-state index contributed by atoms with van der Waals surface area (Å²) in [5, 5.41) is 0. The van der Waals surface area contributed by atoms with Gasteiger partial charge in [-0.3, -0.25) is 4.79 Å². The van der Waals surface area contributed by atoms with Crippen LogP contribution in [-0.2, 0) is 4.79 Å². The van der Waals surface area contributed by atoms with Crippen molar-refractivity contribution >= 4 is 5.91 Å². The second-order valence-electron chi connectivity index (χ2n) is 3.67. The van der Waals surface area contributed by atoms with Gasteiger partial charge < -0.3 is 4.90 Å². The molecule has 11 heavy (non-hydrogen) atoms. The van der Waals surface area contributed by atoms with Gasteiger partial charge in [0, 0.05) is 18.5 Å². The van der Waals surface area contributed by atoms with E-state index in [0.29, 0.717) is 11.9 Å². The van der Waals surface area contributed by atoms with Crippen LogP contribution in [0.3, 0.4) is 0 Å². The van der Waals surface area contributed by atoms with Gasteiger partial charge >= 0.3 is 0 Å². The lowest BCUT2D eigenvalue weighted by molar-refractivity contribution is -0.139. The van der Waals surface area contributed by atoms with Crippen LogP contribution in [0, 0.1) is 5.92 Å². The number of piperidine rings is 1. The highest BCUT2D eigenvalue weighted by Gasteiger charge is 2.26. The molecular weight excluding hydrogens is 138 g/mol. The Hall–Kier alpha value is -0.530. The molecule has 1 heterocycles. The zero-order valence-electron chi connectivity index (χ0n) is 7.63. The lowest BCUT2D eigenvalue weighted by atomic mass is 9.98. The largest absolute Gasteiger partial charge is 0.340 e. The van der Waals surface area contributed by atoms with Crippen LogP contribution in [0.4, 0.5) is 0 Å². The Morgan fingerprint density at radius 3 is 2.64 bits per heavy atom. The molecule has 0 aromatic heterocycles. The van der Waals surface area contributed by atoms with Crippen molar-refractivity contribution in [3.63, 3.8) is 0 Å². The average Bonchev–Trinajstić information content (AvgIpc) is 1.94. The third kappa shape index (κ3) is 1.73. The van der Waals surface area contributed by atoms with Crippen LogP contribution in [0.1, 0.15) is 33.6 Å². The fourth-order valence-corrected chi connectivity index (χ4v) is 1.60. The SMILES string of the molecule is CC1CCCN(C(C)C)C1=O. The number of rotatable bonds is 1. The first kappa shape index (κ1) is 8.57. The Kier molecular flexibility index (Phi) is 2.53. The molecule has 1 unspecified atom stereocenters. The highest BCUT2D eigenvalue weighted by atomic mass is 16.2. The van der Waals surface area contributed by atoms with Crippen LogP contribution in [-0.4, -0.2) is 23.4 Å². The van der Waals surface area contributed by atoms with E-state index in [2.05, 4.69) is 13.8 Å². The first-order chi connectivity index (χ1) is 5.13. The first-order valence-corrected chi connectivity index (χ1v) is 4.43. The minimum Gasteiger partial charge on any atom is -0.340 e.